The van der Waals surface area contributed by atoms with Crippen molar-refractivity contribution in [2.45, 2.75) is 39.7 Å². The Kier molecular flexibility index (Phi) is 7.07. The molecule has 174 valence electrons. The summed E-state index contributed by atoms with van der Waals surface area (Å²) in [5, 5.41) is 3.38. The van der Waals surface area contributed by atoms with Crippen molar-refractivity contribution in [2.75, 3.05) is 6.54 Å². The molecule has 0 saturated heterocycles. The van der Waals surface area contributed by atoms with E-state index in [-0.39, 0.29) is 17.9 Å². The Hall–Kier alpha value is -3.93. The number of carbonyl (C=O) groups is 1. The van der Waals surface area contributed by atoms with E-state index in [1.165, 1.54) is 4.57 Å². The second kappa shape index (κ2) is 10.3. The Balaban J connectivity index is 1.72. The SMILES string of the molecule is CCCCNC(=O)Cc1ccc(-n2c(=O)c3ccccc3n(Cc3cccc(C)c3)c2=O)cc1. The van der Waals surface area contributed by atoms with E-state index in [1.54, 1.807) is 47.0 Å². The van der Waals surface area contributed by atoms with Crippen molar-refractivity contribution < 1.29 is 4.79 Å². The number of carbonyl (C=O) groups excluding carboxylic acids is 1. The third-order valence-corrected chi connectivity index (χ3v) is 5.89. The molecule has 0 radical (unpaired) electrons. The fraction of sp³-hybridized carbons (Fsp3) is 0.250. The quantitative estimate of drug-likeness (QED) is 0.409. The number of benzene rings is 3. The molecule has 1 amide bonds. The van der Waals surface area contributed by atoms with Gasteiger partial charge in [0.25, 0.3) is 5.56 Å². The van der Waals surface area contributed by atoms with Gasteiger partial charge in [0.2, 0.25) is 5.91 Å². The molecule has 0 unspecified atom stereocenters. The van der Waals surface area contributed by atoms with Crippen LogP contribution in [0.4, 0.5) is 0 Å². The summed E-state index contributed by atoms with van der Waals surface area (Å²) >= 11 is 0. The number of hydrogen-bond acceptors (Lipinski definition) is 3. The molecule has 0 aliphatic rings. The largest absolute Gasteiger partial charge is 0.356 e. The minimum Gasteiger partial charge on any atom is -0.356 e. The lowest BCUT2D eigenvalue weighted by molar-refractivity contribution is -0.120. The second-order valence-corrected chi connectivity index (χ2v) is 8.56. The van der Waals surface area contributed by atoms with E-state index >= 15 is 0 Å². The maximum absolute atomic E-state index is 13.6. The fourth-order valence-electron chi connectivity index (χ4n) is 4.11. The van der Waals surface area contributed by atoms with Crippen LogP contribution in [0, 0.1) is 6.92 Å². The van der Waals surface area contributed by atoms with E-state index in [0.717, 1.165) is 29.5 Å². The fourth-order valence-corrected chi connectivity index (χ4v) is 4.11. The molecule has 0 saturated carbocycles. The predicted molar refractivity (Wildman–Crippen MR) is 136 cm³/mol. The highest BCUT2D eigenvalue weighted by Crippen LogP contribution is 2.14. The molecule has 0 fully saturated rings. The Morgan fingerprint density at radius 1 is 0.912 bits per heavy atom. The van der Waals surface area contributed by atoms with Crippen LogP contribution in [-0.4, -0.2) is 21.6 Å². The maximum Gasteiger partial charge on any atom is 0.336 e. The molecule has 0 aliphatic heterocycles. The number of amides is 1. The molecule has 1 N–H and O–H groups in total. The van der Waals surface area contributed by atoms with Crippen molar-refractivity contribution in [3.05, 3.63) is 110 Å². The summed E-state index contributed by atoms with van der Waals surface area (Å²) < 4.78 is 2.85. The van der Waals surface area contributed by atoms with Crippen LogP contribution in [0.5, 0.6) is 0 Å². The predicted octanol–water partition coefficient (Wildman–Crippen LogP) is 3.97. The zero-order valence-corrected chi connectivity index (χ0v) is 19.6. The van der Waals surface area contributed by atoms with Crippen molar-refractivity contribution >= 4 is 16.8 Å². The normalized spacial score (nSPS) is 11.0. The number of hydrogen-bond donors (Lipinski definition) is 1. The summed E-state index contributed by atoms with van der Waals surface area (Å²) in [4.78, 5) is 39.0. The van der Waals surface area contributed by atoms with Crippen LogP contribution >= 0.6 is 0 Å². The zero-order chi connectivity index (χ0) is 24.1. The van der Waals surface area contributed by atoms with Gasteiger partial charge in [0, 0.05) is 6.54 Å². The molecule has 0 atom stereocenters. The summed E-state index contributed by atoms with van der Waals surface area (Å²) in [5.74, 6) is -0.0374. The number of nitrogens with zero attached hydrogens (tertiary/aromatic N) is 2. The average Bonchev–Trinajstić information content (AvgIpc) is 2.83. The number of unbranched alkanes of at least 4 members (excludes halogenated alkanes) is 1. The van der Waals surface area contributed by atoms with Crippen LogP contribution in [0.25, 0.3) is 16.6 Å². The highest BCUT2D eigenvalue weighted by atomic mass is 16.2. The first-order chi connectivity index (χ1) is 16.5. The average molecular weight is 456 g/mol. The van der Waals surface area contributed by atoms with Crippen LogP contribution < -0.4 is 16.6 Å². The van der Waals surface area contributed by atoms with Crippen molar-refractivity contribution in [3.63, 3.8) is 0 Å². The number of rotatable bonds is 8. The van der Waals surface area contributed by atoms with E-state index in [9.17, 15) is 14.4 Å². The van der Waals surface area contributed by atoms with Gasteiger partial charge in [-0.1, -0.05) is 67.4 Å². The second-order valence-electron chi connectivity index (χ2n) is 8.56. The minimum absolute atomic E-state index is 0.0374. The molecule has 4 aromatic rings. The van der Waals surface area contributed by atoms with Crippen LogP contribution in [0.1, 0.15) is 36.5 Å². The molecule has 0 bridgehead atoms. The van der Waals surface area contributed by atoms with Crippen LogP contribution in [0.2, 0.25) is 0 Å². The van der Waals surface area contributed by atoms with Gasteiger partial charge in [0.1, 0.15) is 0 Å². The molecule has 4 rings (SSSR count). The van der Waals surface area contributed by atoms with Gasteiger partial charge in [0.15, 0.2) is 0 Å². The number of nitrogens with one attached hydrogen (secondary N) is 1. The molecule has 0 spiro atoms. The molecule has 0 aliphatic carbocycles. The van der Waals surface area contributed by atoms with Gasteiger partial charge in [-0.2, -0.15) is 0 Å². The summed E-state index contributed by atoms with van der Waals surface area (Å²) in [6, 6.07) is 22.2. The minimum atomic E-state index is -0.393. The van der Waals surface area contributed by atoms with Gasteiger partial charge >= 0.3 is 5.69 Å². The first-order valence-corrected chi connectivity index (χ1v) is 11.6. The smallest absolute Gasteiger partial charge is 0.336 e. The maximum atomic E-state index is 13.6. The summed E-state index contributed by atoms with van der Waals surface area (Å²) in [5.41, 5.74) is 3.26. The number of aromatic nitrogens is 2. The lowest BCUT2D eigenvalue weighted by atomic mass is 10.1. The molecule has 6 nitrogen and oxygen atoms in total. The molecule has 3 aromatic carbocycles. The van der Waals surface area contributed by atoms with Crippen molar-refractivity contribution in [1.29, 1.82) is 0 Å². The highest BCUT2D eigenvalue weighted by Gasteiger charge is 2.15. The first-order valence-electron chi connectivity index (χ1n) is 11.6. The van der Waals surface area contributed by atoms with Gasteiger partial charge in [-0.15, -0.1) is 0 Å². The molecule has 1 heterocycles. The lowest BCUT2D eigenvalue weighted by Crippen LogP contribution is -2.39. The zero-order valence-electron chi connectivity index (χ0n) is 19.6. The van der Waals surface area contributed by atoms with E-state index < -0.39 is 5.69 Å². The molecule has 34 heavy (non-hydrogen) atoms. The van der Waals surface area contributed by atoms with Crippen molar-refractivity contribution in [1.82, 2.24) is 14.5 Å². The first kappa shape index (κ1) is 23.2. The third kappa shape index (κ3) is 5.01. The van der Waals surface area contributed by atoms with Crippen molar-refractivity contribution in [2.24, 2.45) is 0 Å². The Labute approximate surface area is 198 Å². The van der Waals surface area contributed by atoms with Crippen molar-refractivity contribution in [3.8, 4) is 5.69 Å². The van der Waals surface area contributed by atoms with Gasteiger partial charge in [-0.3, -0.25) is 14.2 Å². The summed E-state index contributed by atoms with van der Waals surface area (Å²) in [6.45, 7) is 5.11. The Morgan fingerprint density at radius 2 is 1.68 bits per heavy atom. The summed E-state index contributed by atoms with van der Waals surface area (Å²) in [6.07, 6.45) is 2.23. The van der Waals surface area contributed by atoms with E-state index in [4.69, 9.17) is 0 Å². The summed E-state index contributed by atoms with van der Waals surface area (Å²) in [7, 11) is 0. The van der Waals surface area contributed by atoms with Crippen LogP contribution in [0.15, 0.2) is 82.4 Å². The molecule has 1 aromatic heterocycles. The van der Waals surface area contributed by atoms with Crippen LogP contribution in [0.3, 0.4) is 0 Å². The Morgan fingerprint density at radius 3 is 2.41 bits per heavy atom. The third-order valence-electron chi connectivity index (χ3n) is 5.89. The number of para-hydroxylation sites is 1. The number of aryl methyl sites for hydroxylation is 1. The van der Waals surface area contributed by atoms with Crippen LogP contribution in [-0.2, 0) is 17.8 Å². The highest BCUT2D eigenvalue weighted by molar-refractivity contribution is 5.79. The monoisotopic (exact) mass is 455 g/mol. The molecular weight excluding hydrogens is 426 g/mol. The standard InChI is InChI=1S/C28H29N3O3/c1-3-4-16-29-26(32)18-21-12-14-23(15-13-21)31-27(33)24-10-5-6-11-25(24)30(28(31)34)19-22-9-7-8-20(2)17-22/h5-15,17H,3-4,16,18-19H2,1-2H3,(H,29,32). The van der Waals surface area contributed by atoms with Gasteiger partial charge < -0.3 is 5.32 Å². The van der Waals surface area contributed by atoms with Gasteiger partial charge in [-0.05, 0) is 48.7 Å². The van der Waals surface area contributed by atoms with E-state index in [2.05, 4.69) is 12.2 Å². The molecular formula is C28H29N3O3. The van der Waals surface area contributed by atoms with E-state index in [0.29, 0.717) is 29.7 Å². The Bertz CT molecular complexity index is 1430. The molecule has 6 heteroatoms. The van der Waals surface area contributed by atoms with E-state index in [1.807, 2.05) is 37.3 Å². The van der Waals surface area contributed by atoms with Gasteiger partial charge in [-0.25, -0.2) is 9.36 Å². The van der Waals surface area contributed by atoms with Gasteiger partial charge in [0.05, 0.1) is 29.6 Å². The lowest BCUT2D eigenvalue weighted by Gasteiger charge is -2.15. The topological polar surface area (TPSA) is 73.1 Å². The number of fused-ring (bicyclic) bond motifs is 1.